The minimum Gasteiger partial charge on any atom is -0.338 e. The molecule has 3 unspecified atom stereocenters. The average Bonchev–Trinajstić information content (AvgIpc) is 2.19. The maximum atomic E-state index is 11.9. The fourth-order valence-electron chi connectivity index (χ4n) is 1.98. The average molecular weight is 198 g/mol. The van der Waals surface area contributed by atoms with Crippen molar-refractivity contribution in [2.45, 2.75) is 52.1 Å². The van der Waals surface area contributed by atoms with Gasteiger partial charge < -0.3 is 10.6 Å². The van der Waals surface area contributed by atoms with E-state index in [-0.39, 0.29) is 11.9 Å². The van der Waals surface area contributed by atoms with E-state index < -0.39 is 0 Å². The van der Waals surface area contributed by atoms with Gasteiger partial charge >= 0.3 is 0 Å². The van der Waals surface area contributed by atoms with Crippen LogP contribution < -0.4 is 5.73 Å². The molecule has 1 heterocycles. The normalized spacial score (nSPS) is 30.1. The molecule has 82 valence electrons. The Labute approximate surface area is 86.6 Å². The Morgan fingerprint density at radius 3 is 2.71 bits per heavy atom. The Bertz CT molecular complexity index is 205. The first-order chi connectivity index (χ1) is 6.56. The quantitative estimate of drug-likeness (QED) is 0.728. The number of amides is 1. The molecule has 0 radical (unpaired) electrons. The zero-order valence-corrected chi connectivity index (χ0v) is 9.49. The summed E-state index contributed by atoms with van der Waals surface area (Å²) in [5.74, 6) is 0.755. The summed E-state index contributed by atoms with van der Waals surface area (Å²) in [6.45, 7) is 7.16. The molecule has 0 aromatic carbocycles. The number of hydrogen-bond acceptors (Lipinski definition) is 2. The van der Waals surface area contributed by atoms with Crippen molar-refractivity contribution >= 4 is 5.91 Å². The largest absolute Gasteiger partial charge is 0.338 e. The highest BCUT2D eigenvalue weighted by atomic mass is 16.2. The molecule has 1 rings (SSSR count). The van der Waals surface area contributed by atoms with Gasteiger partial charge in [-0.15, -0.1) is 0 Å². The number of carbonyl (C=O) groups is 1. The van der Waals surface area contributed by atoms with Crippen molar-refractivity contribution in [1.29, 1.82) is 0 Å². The van der Waals surface area contributed by atoms with Crippen molar-refractivity contribution in [3.63, 3.8) is 0 Å². The van der Waals surface area contributed by atoms with Crippen LogP contribution >= 0.6 is 0 Å². The lowest BCUT2D eigenvalue weighted by Gasteiger charge is -2.38. The smallest absolute Gasteiger partial charge is 0.239 e. The monoisotopic (exact) mass is 198 g/mol. The maximum Gasteiger partial charge on any atom is 0.239 e. The molecule has 1 amide bonds. The molecule has 0 saturated carbocycles. The van der Waals surface area contributed by atoms with Crippen molar-refractivity contribution < 1.29 is 4.79 Å². The summed E-state index contributed by atoms with van der Waals surface area (Å²) >= 11 is 0. The summed E-state index contributed by atoms with van der Waals surface area (Å²) in [7, 11) is 0. The topological polar surface area (TPSA) is 46.3 Å². The van der Waals surface area contributed by atoms with Crippen LogP contribution in [0.1, 0.15) is 40.0 Å². The van der Waals surface area contributed by atoms with Gasteiger partial charge in [0.15, 0.2) is 0 Å². The lowest BCUT2D eigenvalue weighted by Crippen LogP contribution is -2.51. The van der Waals surface area contributed by atoms with Crippen molar-refractivity contribution in [3.05, 3.63) is 0 Å². The van der Waals surface area contributed by atoms with Crippen molar-refractivity contribution in [2.24, 2.45) is 11.7 Å². The SMILES string of the molecule is CCC(N)C(=O)N1CC(C)CCC1C. The lowest BCUT2D eigenvalue weighted by atomic mass is 9.94. The highest BCUT2D eigenvalue weighted by Crippen LogP contribution is 2.21. The van der Waals surface area contributed by atoms with E-state index in [4.69, 9.17) is 5.73 Å². The van der Waals surface area contributed by atoms with E-state index >= 15 is 0 Å². The van der Waals surface area contributed by atoms with Gasteiger partial charge in [-0.05, 0) is 32.1 Å². The van der Waals surface area contributed by atoms with E-state index in [1.54, 1.807) is 0 Å². The molecule has 14 heavy (non-hydrogen) atoms. The van der Waals surface area contributed by atoms with Gasteiger partial charge in [0.25, 0.3) is 0 Å². The molecule has 3 nitrogen and oxygen atoms in total. The Hall–Kier alpha value is -0.570. The van der Waals surface area contributed by atoms with Gasteiger partial charge in [0.05, 0.1) is 6.04 Å². The first kappa shape index (κ1) is 11.5. The number of hydrogen-bond donors (Lipinski definition) is 1. The molecule has 3 atom stereocenters. The predicted molar refractivity (Wildman–Crippen MR) is 57.8 cm³/mol. The van der Waals surface area contributed by atoms with Gasteiger partial charge in [0, 0.05) is 12.6 Å². The molecular weight excluding hydrogens is 176 g/mol. The zero-order valence-electron chi connectivity index (χ0n) is 9.49. The minimum absolute atomic E-state index is 0.131. The van der Waals surface area contributed by atoms with Crippen LogP contribution in [-0.4, -0.2) is 29.4 Å². The molecule has 1 saturated heterocycles. The number of carbonyl (C=O) groups excluding carboxylic acids is 1. The molecule has 0 spiro atoms. The molecule has 1 aliphatic rings. The van der Waals surface area contributed by atoms with Crippen molar-refractivity contribution in [3.8, 4) is 0 Å². The van der Waals surface area contributed by atoms with Crippen LogP contribution in [0.3, 0.4) is 0 Å². The van der Waals surface area contributed by atoms with Gasteiger partial charge in [-0.25, -0.2) is 0 Å². The second-order valence-electron chi connectivity index (χ2n) is 4.54. The van der Waals surface area contributed by atoms with Crippen LogP contribution in [0.15, 0.2) is 0 Å². The molecule has 0 bridgehead atoms. The summed E-state index contributed by atoms with van der Waals surface area (Å²) < 4.78 is 0. The summed E-state index contributed by atoms with van der Waals surface area (Å²) in [4.78, 5) is 13.8. The van der Waals surface area contributed by atoms with Crippen LogP contribution in [0.5, 0.6) is 0 Å². The Balaban J connectivity index is 2.60. The second-order valence-corrected chi connectivity index (χ2v) is 4.54. The van der Waals surface area contributed by atoms with Crippen LogP contribution in [-0.2, 0) is 4.79 Å². The number of nitrogens with zero attached hydrogens (tertiary/aromatic N) is 1. The van der Waals surface area contributed by atoms with Crippen LogP contribution in [0.2, 0.25) is 0 Å². The van der Waals surface area contributed by atoms with Crippen LogP contribution in [0.25, 0.3) is 0 Å². The number of nitrogens with two attached hydrogens (primary N) is 1. The first-order valence-corrected chi connectivity index (χ1v) is 5.62. The van der Waals surface area contributed by atoms with Crippen molar-refractivity contribution in [2.75, 3.05) is 6.54 Å². The van der Waals surface area contributed by atoms with E-state index in [2.05, 4.69) is 13.8 Å². The molecule has 0 aromatic rings. The summed E-state index contributed by atoms with van der Waals surface area (Å²) in [6.07, 6.45) is 3.08. The third-order valence-electron chi connectivity index (χ3n) is 3.16. The number of piperidine rings is 1. The maximum absolute atomic E-state index is 11.9. The lowest BCUT2D eigenvalue weighted by molar-refractivity contribution is -0.136. The Kier molecular flexibility index (Phi) is 3.93. The van der Waals surface area contributed by atoms with Gasteiger partial charge in [-0.3, -0.25) is 4.79 Å². The molecule has 2 N–H and O–H groups in total. The van der Waals surface area contributed by atoms with E-state index in [0.717, 1.165) is 19.4 Å². The third-order valence-corrected chi connectivity index (χ3v) is 3.16. The Morgan fingerprint density at radius 2 is 2.14 bits per heavy atom. The highest BCUT2D eigenvalue weighted by Gasteiger charge is 2.29. The predicted octanol–water partition coefficient (Wildman–Crippen LogP) is 1.37. The molecular formula is C11H22N2O. The molecule has 0 aliphatic carbocycles. The van der Waals surface area contributed by atoms with Gasteiger partial charge in [0.1, 0.15) is 0 Å². The van der Waals surface area contributed by atoms with Crippen molar-refractivity contribution in [1.82, 2.24) is 4.90 Å². The first-order valence-electron chi connectivity index (χ1n) is 5.62. The second kappa shape index (κ2) is 4.78. The minimum atomic E-state index is -0.303. The van der Waals surface area contributed by atoms with Gasteiger partial charge in [-0.1, -0.05) is 13.8 Å². The third kappa shape index (κ3) is 2.47. The summed E-state index contributed by atoms with van der Waals surface area (Å²) in [6, 6.07) is 0.0686. The zero-order chi connectivity index (χ0) is 10.7. The summed E-state index contributed by atoms with van der Waals surface area (Å²) in [5, 5.41) is 0. The van der Waals surface area contributed by atoms with E-state index in [0.29, 0.717) is 12.0 Å². The van der Waals surface area contributed by atoms with Crippen LogP contribution in [0.4, 0.5) is 0 Å². The molecule has 1 fully saturated rings. The summed E-state index contributed by atoms with van der Waals surface area (Å²) in [5.41, 5.74) is 5.76. The molecule has 0 aromatic heterocycles. The standard InChI is InChI=1S/C11H22N2O/c1-4-10(12)11(14)13-7-8(2)5-6-9(13)3/h8-10H,4-7,12H2,1-3H3. The Morgan fingerprint density at radius 1 is 1.50 bits per heavy atom. The van der Waals surface area contributed by atoms with Gasteiger partial charge in [0.2, 0.25) is 5.91 Å². The van der Waals surface area contributed by atoms with Crippen LogP contribution in [0, 0.1) is 5.92 Å². The van der Waals surface area contributed by atoms with E-state index in [1.165, 1.54) is 6.42 Å². The molecule has 1 aliphatic heterocycles. The van der Waals surface area contributed by atoms with Gasteiger partial charge in [-0.2, -0.15) is 0 Å². The fraction of sp³-hybridized carbons (Fsp3) is 0.909. The number of rotatable bonds is 2. The van der Waals surface area contributed by atoms with E-state index in [9.17, 15) is 4.79 Å². The number of likely N-dealkylation sites (tertiary alicyclic amines) is 1. The fourth-order valence-corrected chi connectivity index (χ4v) is 1.98. The molecule has 3 heteroatoms. The highest BCUT2D eigenvalue weighted by molar-refractivity contribution is 5.81. The van der Waals surface area contributed by atoms with E-state index in [1.807, 2.05) is 11.8 Å².